The van der Waals surface area contributed by atoms with Crippen molar-refractivity contribution in [1.82, 2.24) is 0 Å². The minimum Gasteiger partial charge on any atom is -0.351 e. The zero-order valence-corrected chi connectivity index (χ0v) is 12.6. The first kappa shape index (κ1) is 17.3. The van der Waals surface area contributed by atoms with Gasteiger partial charge >= 0.3 is 8.53 Å². The van der Waals surface area contributed by atoms with E-state index in [1.165, 1.54) is 0 Å². The largest absolute Gasteiger partial charge is 0.351 e. The summed E-state index contributed by atoms with van der Waals surface area (Å²) in [5.74, 6) is 0. The highest BCUT2D eigenvalue weighted by Gasteiger charge is 2.08. The fraction of sp³-hybridized carbons (Fsp3) is 1.00. The molecule has 0 saturated carbocycles. The number of hydrogen-bond donors (Lipinski definition) is 0. The molecule has 6 nitrogen and oxygen atoms in total. The molecule has 0 radical (unpaired) electrons. The minimum atomic E-state index is -1.20. The van der Waals surface area contributed by atoms with Gasteiger partial charge in [-0.2, -0.15) is 4.52 Å². The van der Waals surface area contributed by atoms with E-state index < -0.39 is 8.53 Å². The van der Waals surface area contributed by atoms with E-state index in [-0.39, 0.29) is 6.29 Å². The molecule has 1 unspecified atom stereocenters. The second-order valence-electron chi connectivity index (χ2n) is 2.65. The van der Waals surface area contributed by atoms with Crippen LogP contribution in [0.1, 0.15) is 20.8 Å². The summed E-state index contributed by atoms with van der Waals surface area (Å²) in [7, 11) is 0.822. The molecule has 0 bridgehead atoms. The molecule has 0 aliphatic heterocycles. The van der Waals surface area contributed by atoms with E-state index in [9.17, 15) is 0 Å². The molecule has 0 amide bonds. The lowest BCUT2D eigenvalue weighted by Gasteiger charge is -2.14. The lowest BCUT2D eigenvalue weighted by atomic mass is 10.6. The Morgan fingerprint density at radius 3 is 2.24 bits per heavy atom. The molecule has 0 aromatic carbocycles. The van der Waals surface area contributed by atoms with E-state index in [0.717, 1.165) is 0 Å². The lowest BCUT2D eigenvalue weighted by Crippen LogP contribution is -2.21. The van der Waals surface area contributed by atoms with Gasteiger partial charge < -0.3 is 23.0 Å². The second-order valence-corrected chi connectivity index (χ2v) is 4.88. The van der Waals surface area contributed by atoms with Crippen LogP contribution in [0.15, 0.2) is 4.52 Å². The van der Waals surface area contributed by atoms with Gasteiger partial charge in [0.15, 0.2) is 14.9 Å². The summed E-state index contributed by atoms with van der Waals surface area (Å²) in [4.78, 5) is 0. The van der Waals surface area contributed by atoms with Gasteiger partial charge in [0.25, 0.3) is 0 Å². The van der Waals surface area contributed by atoms with Crippen LogP contribution in [-0.2, 0) is 23.0 Å². The van der Waals surface area contributed by atoms with Crippen LogP contribution >= 0.6 is 17.1 Å². The third-order valence-corrected chi connectivity index (χ3v) is 3.41. The van der Waals surface area contributed by atoms with Crippen LogP contribution in [0.3, 0.4) is 0 Å². The summed E-state index contributed by atoms with van der Waals surface area (Å²) in [6, 6.07) is 0. The highest BCUT2D eigenvalue weighted by atomic mass is 31.2. The molecule has 0 aromatic heterocycles. The standard InChI is InChI=1S/C9H21NO5P2/c1-5-12-9(13-6-2)8-14-16-10-17(11-4)15-7-3/h9H,5-8H2,1-4H3. The molecule has 0 aliphatic rings. The van der Waals surface area contributed by atoms with Crippen LogP contribution in [-0.4, -0.2) is 39.8 Å². The maximum Gasteiger partial charge on any atom is 0.315 e. The number of nitrogens with zero attached hydrogens (tertiary/aromatic N) is 1. The van der Waals surface area contributed by atoms with Crippen molar-refractivity contribution < 1.29 is 23.0 Å². The van der Waals surface area contributed by atoms with E-state index >= 15 is 0 Å². The van der Waals surface area contributed by atoms with Gasteiger partial charge in [0.2, 0.25) is 0 Å². The molecule has 0 rings (SSSR count). The molecule has 0 N–H and O–H groups in total. The van der Waals surface area contributed by atoms with Crippen molar-refractivity contribution >= 4 is 17.1 Å². The van der Waals surface area contributed by atoms with Gasteiger partial charge in [-0.15, -0.1) is 0 Å². The first-order valence-electron chi connectivity index (χ1n) is 5.51. The van der Waals surface area contributed by atoms with E-state index in [0.29, 0.717) is 35.0 Å². The summed E-state index contributed by atoms with van der Waals surface area (Å²) in [6.07, 6.45) is -0.339. The average Bonchev–Trinajstić information content (AvgIpc) is 2.33. The molecule has 8 heteroatoms. The highest BCUT2D eigenvalue weighted by molar-refractivity contribution is 7.50. The SMILES string of the molecule is CCOC(COP=NP(OC)OCC)OCC. The lowest BCUT2D eigenvalue weighted by molar-refractivity contribution is -0.150. The van der Waals surface area contributed by atoms with Gasteiger partial charge in [0.1, 0.15) is 6.61 Å². The van der Waals surface area contributed by atoms with Crippen molar-refractivity contribution in [2.24, 2.45) is 4.52 Å². The third kappa shape index (κ3) is 9.98. The summed E-state index contributed by atoms with van der Waals surface area (Å²) in [5, 5.41) is 0. The Labute approximate surface area is 106 Å². The molecular formula is C9H21NO5P2. The number of rotatable bonds is 11. The molecular weight excluding hydrogens is 264 g/mol. The smallest absolute Gasteiger partial charge is 0.315 e. The Morgan fingerprint density at radius 2 is 1.76 bits per heavy atom. The average molecular weight is 285 g/mol. The predicted molar refractivity (Wildman–Crippen MR) is 67.9 cm³/mol. The molecule has 0 aliphatic carbocycles. The molecule has 0 saturated heterocycles. The Kier molecular flexibility index (Phi) is 13.0. The van der Waals surface area contributed by atoms with Crippen molar-refractivity contribution in [3.8, 4) is 0 Å². The third-order valence-electron chi connectivity index (χ3n) is 1.48. The van der Waals surface area contributed by atoms with Crippen LogP contribution in [0.4, 0.5) is 0 Å². The van der Waals surface area contributed by atoms with Crippen molar-refractivity contribution in [2.75, 3.05) is 33.5 Å². The summed E-state index contributed by atoms with van der Waals surface area (Å²) in [6.45, 7) is 7.80. The monoisotopic (exact) mass is 285 g/mol. The zero-order chi connectivity index (χ0) is 12.9. The van der Waals surface area contributed by atoms with Crippen LogP contribution in [0.2, 0.25) is 0 Å². The molecule has 1 atom stereocenters. The first-order chi connectivity index (χ1) is 8.28. The molecule has 0 heterocycles. The molecule has 102 valence electrons. The number of hydrogen-bond acceptors (Lipinski definition) is 6. The van der Waals surface area contributed by atoms with Crippen LogP contribution in [0.5, 0.6) is 0 Å². The van der Waals surface area contributed by atoms with Gasteiger partial charge in [-0.3, -0.25) is 0 Å². The van der Waals surface area contributed by atoms with Crippen molar-refractivity contribution in [3.05, 3.63) is 0 Å². The van der Waals surface area contributed by atoms with Gasteiger partial charge in [0, 0.05) is 20.3 Å². The van der Waals surface area contributed by atoms with Gasteiger partial charge in [-0.1, -0.05) is 0 Å². The maximum atomic E-state index is 5.31. The Balaban J connectivity index is 3.80. The maximum absolute atomic E-state index is 5.31. The molecule has 0 fully saturated rings. The van der Waals surface area contributed by atoms with Gasteiger partial charge in [-0.05, 0) is 20.8 Å². The summed E-state index contributed by atoms with van der Waals surface area (Å²) in [5.41, 5.74) is 0. The Morgan fingerprint density at radius 1 is 1.12 bits per heavy atom. The topological polar surface area (TPSA) is 58.5 Å². The van der Waals surface area contributed by atoms with Crippen LogP contribution in [0.25, 0.3) is 0 Å². The van der Waals surface area contributed by atoms with E-state index in [2.05, 4.69) is 4.52 Å². The van der Waals surface area contributed by atoms with Crippen LogP contribution in [0, 0.1) is 0 Å². The van der Waals surface area contributed by atoms with Crippen molar-refractivity contribution in [1.29, 1.82) is 0 Å². The van der Waals surface area contributed by atoms with Gasteiger partial charge in [-0.25, -0.2) is 0 Å². The minimum absolute atomic E-state index is 0.339. The first-order valence-corrected chi connectivity index (χ1v) is 7.41. The predicted octanol–water partition coefficient (Wildman–Crippen LogP) is 3.36. The fourth-order valence-electron chi connectivity index (χ4n) is 0.891. The normalized spacial score (nSPS) is 13.7. The van der Waals surface area contributed by atoms with Crippen molar-refractivity contribution in [3.63, 3.8) is 0 Å². The highest BCUT2D eigenvalue weighted by Crippen LogP contribution is 2.41. The summed E-state index contributed by atoms with van der Waals surface area (Å²) < 4.78 is 30.2. The summed E-state index contributed by atoms with van der Waals surface area (Å²) >= 11 is 0. The quantitative estimate of drug-likeness (QED) is 0.430. The van der Waals surface area contributed by atoms with E-state index in [1.807, 2.05) is 20.8 Å². The zero-order valence-electron chi connectivity index (χ0n) is 10.8. The number of ether oxygens (including phenoxy) is 2. The molecule has 0 aromatic rings. The van der Waals surface area contributed by atoms with Gasteiger partial charge in [0.05, 0.1) is 6.61 Å². The Bertz CT molecular complexity index is 190. The molecule has 0 spiro atoms. The Hall–Kier alpha value is 0.330. The van der Waals surface area contributed by atoms with E-state index in [1.54, 1.807) is 7.11 Å². The second kappa shape index (κ2) is 12.8. The fourth-order valence-corrected chi connectivity index (χ4v) is 2.35. The van der Waals surface area contributed by atoms with E-state index in [4.69, 9.17) is 23.0 Å². The van der Waals surface area contributed by atoms with Crippen molar-refractivity contribution in [2.45, 2.75) is 27.1 Å². The molecule has 17 heavy (non-hydrogen) atoms. The van der Waals surface area contributed by atoms with Crippen LogP contribution < -0.4 is 0 Å².